The van der Waals surface area contributed by atoms with E-state index in [9.17, 15) is 14.9 Å². The minimum Gasteiger partial charge on any atom is -0.381 e. The quantitative estimate of drug-likeness (QED) is 0.610. The highest BCUT2D eigenvalue weighted by Gasteiger charge is 2.23. The molecule has 1 aliphatic rings. The monoisotopic (exact) mass is 280 g/mol. The maximum atomic E-state index is 12.1. The molecule has 20 heavy (non-hydrogen) atoms. The van der Waals surface area contributed by atoms with Gasteiger partial charge in [-0.25, -0.2) is 4.98 Å². The molecule has 1 atom stereocenters. The Hall–Kier alpha value is -2.22. The Balaban J connectivity index is 2.11. The summed E-state index contributed by atoms with van der Waals surface area (Å²) in [6.07, 6.45) is 1.97. The van der Waals surface area contributed by atoms with Gasteiger partial charge in [0.2, 0.25) is 0 Å². The lowest BCUT2D eigenvalue weighted by molar-refractivity contribution is -0.385. The summed E-state index contributed by atoms with van der Waals surface area (Å²) in [6, 6.07) is 1.37. The van der Waals surface area contributed by atoms with Crippen LogP contribution in [0.5, 0.6) is 0 Å². The van der Waals surface area contributed by atoms with Gasteiger partial charge in [0.1, 0.15) is 17.6 Å². The Morgan fingerprint density at radius 3 is 3.05 bits per heavy atom. The van der Waals surface area contributed by atoms with Crippen LogP contribution >= 0.6 is 0 Å². The third-order valence-corrected chi connectivity index (χ3v) is 3.16. The third kappa shape index (κ3) is 3.21. The molecule has 8 nitrogen and oxygen atoms in total. The summed E-state index contributed by atoms with van der Waals surface area (Å²) in [4.78, 5) is 26.2. The zero-order chi connectivity index (χ0) is 14.5. The second-order valence-corrected chi connectivity index (χ2v) is 4.53. The Labute approximate surface area is 115 Å². The molecule has 2 heterocycles. The first-order valence-electron chi connectivity index (χ1n) is 6.30. The number of ether oxygens (including phenoxy) is 1. The molecule has 1 aromatic rings. The second-order valence-electron chi connectivity index (χ2n) is 4.53. The average molecular weight is 280 g/mol. The van der Waals surface area contributed by atoms with Crippen LogP contribution in [0.1, 0.15) is 16.8 Å². The van der Waals surface area contributed by atoms with Crippen molar-refractivity contribution in [1.82, 2.24) is 10.3 Å². The number of nitrogens with zero attached hydrogens (tertiary/aromatic N) is 2. The number of anilines is 1. The number of hydrogen-bond donors (Lipinski definition) is 2. The number of rotatable bonds is 5. The lowest BCUT2D eigenvalue weighted by Crippen LogP contribution is -2.30. The molecule has 0 saturated carbocycles. The van der Waals surface area contributed by atoms with Gasteiger partial charge in [-0.3, -0.25) is 14.9 Å². The molecular weight excluding hydrogens is 264 g/mol. The summed E-state index contributed by atoms with van der Waals surface area (Å²) < 4.78 is 5.21. The van der Waals surface area contributed by atoms with Gasteiger partial charge in [-0.1, -0.05) is 0 Å². The van der Waals surface area contributed by atoms with E-state index in [1.165, 1.54) is 6.07 Å². The van der Waals surface area contributed by atoms with Crippen LogP contribution in [0.3, 0.4) is 0 Å². The van der Waals surface area contributed by atoms with Crippen LogP contribution in [0.25, 0.3) is 0 Å². The van der Waals surface area contributed by atoms with Gasteiger partial charge < -0.3 is 15.4 Å². The minimum atomic E-state index is -0.611. The van der Waals surface area contributed by atoms with Crippen molar-refractivity contribution in [3.05, 3.63) is 27.9 Å². The maximum Gasteiger partial charge on any atom is 0.300 e. The Kier molecular flexibility index (Phi) is 4.46. The molecule has 0 radical (unpaired) electrons. The van der Waals surface area contributed by atoms with E-state index in [1.807, 2.05) is 0 Å². The number of amides is 1. The van der Waals surface area contributed by atoms with Gasteiger partial charge in [0.25, 0.3) is 11.6 Å². The number of pyridine rings is 1. The number of aromatic nitrogens is 1. The third-order valence-electron chi connectivity index (χ3n) is 3.16. The predicted octanol–water partition coefficient (Wildman–Crippen LogP) is 0.798. The first-order valence-corrected chi connectivity index (χ1v) is 6.30. The molecule has 1 fully saturated rings. The van der Waals surface area contributed by atoms with Crippen LogP contribution in [0, 0.1) is 16.0 Å². The molecule has 1 saturated heterocycles. The number of carbonyl (C=O) groups excluding carboxylic acids is 1. The Morgan fingerprint density at radius 2 is 2.45 bits per heavy atom. The van der Waals surface area contributed by atoms with Crippen LogP contribution in [-0.4, -0.2) is 42.6 Å². The van der Waals surface area contributed by atoms with E-state index in [2.05, 4.69) is 15.6 Å². The first kappa shape index (κ1) is 14.2. The number of nitro groups is 1. The van der Waals surface area contributed by atoms with Gasteiger partial charge in [-0.15, -0.1) is 0 Å². The normalized spacial score (nSPS) is 17.8. The van der Waals surface area contributed by atoms with Crippen LogP contribution < -0.4 is 10.6 Å². The van der Waals surface area contributed by atoms with Gasteiger partial charge in [0, 0.05) is 32.2 Å². The Morgan fingerprint density at radius 1 is 1.65 bits per heavy atom. The highest BCUT2D eigenvalue weighted by Crippen LogP contribution is 2.20. The fraction of sp³-hybridized carbons (Fsp3) is 0.500. The molecule has 8 heteroatoms. The molecule has 108 valence electrons. The van der Waals surface area contributed by atoms with Gasteiger partial charge >= 0.3 is 0 Å². The molecule has 1 unspecified atom stereocenters. The summed E-state index contributed by atoms with van der Waals surface area (Å²) in [5.74, 6) is 0.205. The fourth-order valence-electron chi connectivity index (χ4n) is 1.99. The summed E-state index contributed by atoms with van der Waals surface area (Å²) in [5.41, 5.74) is -0.294. The van der Waals surface area contributed by atoms with Crippen LogP contribution in [0.2, 0.25) is 0 Å². The highest BCUT2D eigenvalue weighted by atomic mass is 16.6. The first-order chi connectivity index (χ1) is 9.61. The molecular formula is C12H16N4O4. The van der Waals surface area contributed by atoms with Crippen molar-refractivity contribution in [1.29, 1.82) is 0 Å². The zero-order valence-corrected chi connectivity index (χ0v) is 11.1. The van der Waals surface area contributed by atoms with Crippen molar-refractivity contribution in [3.63, 3.8) is 0 Å². The molecule has 1 aromatic heterocycles. The van der Waals surface area contributed by atoms with E-state index < -0.39 is 10.8 Å². The van der Waals surface area contributed by atoms with E-state index in [4.69, 9.17) is 4.74 Å². The maximum absolute atomic E-state index is 12.1. The number of carbonyl (C=O) groups is 1. The average Bonchev–Trinajstić information content (AvgIpc) is 2.97. The number of hydrogen-bond acceptors (Lipinski definition) is 6. The van der Waals surface area contributed by atoms with E-state index in [0.29, 0.717) is 25.6 Å². The molecule has 1 amide bonds. The molecule has 1 aliphatic heterocycles. The fourth-order valence-corrected chi connectivity index (χ4v) is 1.99. The predicted molar refractivity (Wildman–Crippen MR) is 71.7 cm³/mol. The largest absolute Gasteiger partial charge is 0.381 e. The van der Waals surface area contributed by atoms with Gasteiger partial charge in [0.05, 0.1) is 11.5 Å². The second kappa shape index (κ2) is 6.29. The summed E-state index contributed by atoms with van der Waals surface area (Å²) in [7, 11) is 1.63. The van der Waals surface area contributed by atoms with E-state index in [0.717, 1.165) is 12.6 Å². The highest BCUT2D eigenvalue weighted by molar-refractivity contribution is 5.98. The van der Waals surface area contributed by atoms with E-state index >= 15 is 0 Å². The topological polar surface area (TPSA) is 106 Å². The van der Waals surface area contributed by atoms with Crippen molar-refractivity contribution >= 4 is 17.4 Å². The molecule has 0 spiro atoms. The van der Waals surface area contributed by atoms with Gasteiger partial charge in [0.15, 0.2) is 0 Å². The summed E-state index contributed by atoms with van der Waals surface area (Å²) in [6.45, 7) is 1.76. The summed E-state index contributed by atoms with van der Waals surface area (Å²) in [5, 5.41) is 16.4. The molecule has 0 aliphatic carbocycles. The van der Waals surface area contributed by atoms with Crippen LogP contribution in [0.15, 0.2) is 12.3 Å². The van der Waals surface area contributed by atoms with Crippen LogP contribution in [0.4, 0.5) is 11.5 Å². The van der Waals surface area contributed by atoms with Crippen LogP contribution in [-0.2, 0) is 4.74 Å². The van der Waals surface area contributed by atoms with Crippen molar-refractivity contribution in [2.75, 3.05) is 32.1 Å². The van der Waals surface area contributed by atoms with Crippen molar-refractivity contribution in [3.8, 4) is 0 Å². The molecule has 0 aromatic carbocycles. The smallest absolute Gasteiger partial charge is 0.300 e. The molecule has 2 N–H and O–H groups in total. The lowest BCUT2D eigenvalue weighted by Gasteiger charge is -2.10. The van der Waals surface area contributed by atoms with Crippen molar-refractivity contribution in [2.45, 2.75) is 6.42 Å². The van der Waals surface area contributed by atoms with Crippen molar-refractivity contribution in [2.24, 2.45) is 5.92 Å². The van der Waals surface area contributed by atoms with Gasteiger partial charge in [-0.2, -0.15) is 0 Å². The van der Waals surface area contributed by atoms with E-state index in [-0.39, 0.29) is 17.2 Å². The molecule has 2 rings (SSSR count). The SMILES string of the molecule is CNc1cc(C(=O)NCC2CCOC2)c([N+](=O)[O-])cn1. The standard InChI is InChI=1S/C12H16N4O4/c1-13-11-4-9(10(6-14-11)16(18)19)12(17)15-5-8-2-3-20-7-8/h4,6,8H,2-3,5,7H2,1H3,(H,13,14)(H,15,17). The minimum absolute atomic E-state index is 0.00765. The Bertz CT molecular complexity index is 514. The van der Waals surface area contributed by atoms with Crippen molar-refractivity contribution < 1.29 is 14.5 Å². The van der Waals surface area contributed by atoms with Gasteiger partial charge in [-0.05, 0) is 6.42 Å². The lowest BCUT2D eigenvalue weighted by atomic mass is 10.1. The number of nitrogens with one attached hydrogen (secondary N) is 2. The molecule has 0 bridgehead atoms. The summed E-state index contributed by atoms with van der Waals surface area (Å²) >= 11 is 0. The zero-order valence-electron chi connectivity index (χ0n) is 11.1. The van der Waals surface area contributed by atoms with E-state index in [1.54, 1.807) is 7.05 Å².